The lowest BCUT2D eigenvalue weighted by atomic mass is 9.70. The van der Waals surface area contributed by atoms with Gasteiger partial charge in [0.2, 0.25) is 0 Å². The number of hydrogen-bond donors (Lipinski definition) is 0. The van der Waals surface area contributed by atoms with Crippen molar-refractivity contribution in [3.05, 3.63) is 186 Å². The van der Waals surface area contributed by atoms with Crippen molar-refractivity contribution in [3.8, 4) is 44.8 Å². The Morgan fingerprint density at radius 1 is 0.356 bits per heavy atom. The predicted octanol–water partition coefficient (Wildman–Crippen LogP) is 11.1. The first-order valence-electron chi connectivity index (χ1n) is 15.6. The van der Waals surface area contributed by atoms with E-state index in [9.17, 15) is 0 Å². The molecule has 208 valence electrons. The lowest BCUT2D eigenvalue weighted by Crippen LogP contribution is -2.26. The van der Waals surface area contributed by atoms with Gasteiger partial charge in [0.05, 0.1) is 16.8 Å². The summed E-state index contributed by atoms with van der Waals surface area (Å²) in [6.07, 6.45) is 0. The molecule has 0 radical (unpaired) electrons. The van der Waals surface area contributed by atoms with E-state index in [1.807, 2.05) is 0 Å². The van der Waals surface area contributed by atoms with Gasteiger partial charge in [0, 0.05) is 11.1 Å². The first-order chi connectivity index (χ1) is 22.3. The van der Waals surface area contributed by atoms with E-state index in [0.717, 1.165) is 17.0 Å². The molecule has 0 aliphatic heterocycles. The van der Waals surface area contributed by atoms with Crippen molar-refractivity contribution in [3.63, 3.8) is 0 Å². The SMILES string of the molecule is c1ccc(-c2cc(-c3ccccc3)nc(-c3cccc4c3-c3ccccc3C43c4cccc5ccc6cccc3c6c45)c2)cc1. The second-order valence-electron chi connectivity index (χ2n) is 12.3. The molecule has 45 heavy (non-hydrogen) atoms. The Morgan fingerprint density at radius 3 is 1.60 bits per heavy atom. The molecule has 1 heteroatoms. The maximum atomic E-state index is 5.38. The summed E-state index contributed by atoms with van der Waals surface area (Å²) in [5.41, 5.74) is 14.3. The Labute approximate surface area is 262 Å². The number of pyridine rings is 1. The molecular formula is C44H27N. The van der Waals surface area contributed by atoms with Crippen LogP contribution < -0.4 is 0 Å². The van der Waals surface area contributed by atoms with Crippen molar-refractivity contribution < 1.29 is 0 Å². The van der Waals surface area contributed by atoms with E-state index in [1.54, 1.807) is 0 Å². The number of aromatic nitrogens is 1. The summed E-state index contributed by atoms with van der Waals surface area (Å²) in [5.74, 6) is 0. The Hall–Kier alpha value is -5.79. The Morgan fingerprint density at radius 2 is 0.889 bits per heavy atom. The van der Waals surface area contributed by atoms with E-state index in [2.05, 4.69) is 164 Å². The van der Waals surface area contributed by atoms with Crippen LogP contribution in [-0.4, -0.2) is 4.98 Å². The Kier molecular flexibility index (Phi) is 4.99. The molecule has 0 N–H and O–H groups in total. The summed E-state index contributed by atoms with van der Waals surface area (Å²) in [6, 6.07) is 59.9. The average Bonchev–Trinajstić information content (AvgIpc) is 3.60. The molecule has 0 saturated heterocycles. The fraction of sp³-hybridized carbons (Fsp3) is 0.0227. The highest BCUT2D eigenvalue weighted by Crippen LogP contribution is 2.63. The Bertz CT molecular complexity index is 2350. The summed E-state index contributed by atoms with van der Waals surface area (Å²) in [7, 11) is 0. The van der Waals surface area contributed by atoms with Crippen LogP contribution >= 0.6 is 0 Å². The van der Waals surface area contributed by atoms with Crippen LogP contribution in [0.1, 0.15) is 22.3 Å². The first-order valence-corrected chi connectivity index (χ1v) is 15.6. The molecule has 8 aromatic rings. The van der Waals surface area contributed by atoms with E-state index >= 15 is 0 Å². The standard InChI is InChI=1S/C44H27N/c1-3-12-28(13-4-1)32-26-39(29-14-5-2-6-15-29)45-40(27-32)34-19-11-23-38-43(34)33-18-7-8-20-35(33)44(38)36-21-9-16-30-24-25-31-17-10-22-37(44)42(31)41(30)36/h1-27H. The van der Waals surface area contributed by atoms with Gasteiger partial charge >= 0.3 is 0 Å². The lowest BCUT2D eigenvalue weighted by molar-refractivity contribution is 0.797. The summed E-state index contributed by atoms with van der Waals surface area (Å²) >= 11 is 0. The number of fused-ring (bicyclic) bond motifs is 7. The van der Waals surface area contributed by atoms with Crippen LogP contribution in [0, 0.1) is 0 Å². The summed E-state index contributed by atoms with van der Waals surface area (Å²) in [4.78, 5) is 5.38. The average molecular weight is 570 g/mol. The topological polar surface area (TPSA) is 12.9 Å². The second-order valence-corrected chi connectivity index (χ2v) is 12.3. The van der Waals surface area contributed by atoms with Crippen LogP contribution in [0.2, 0.25) is 0 Å². The fourth-order valence-electron chi connectivity index (χ4n) is 8.27. The van der Waals surface area contributed by atoms with Crippen LogP contribution in [0.25, 0.3) is 66.3 Å². The molecule has 1 spiro atoms. The maximum absolute atomic E-state index is 5.38. The molecule has 1 heterocycles. The zero-order chi connectivity index (χ0) is 29.5. The minimum atomic E-state index is -0.385. The highest BCUT2D eigenvalue weighted by molar-refractivity contribution is 6.17. The Balaban J connectivity index is 1.31. The second kappa shape index (κ2) is 9.11. The van der Waals surface area contributed by atoms with Crippen LogP contribution in [0.4, 0.5) is 0 Å². The molecule has 1 aromatic heterocycles. The van der Waals surface area contributed by atoms with Gasteiger partial charge in [-0.05, 0) is 78.2 Å². The molecule has 1 nitrogen and oxygen atoms in total. The highest BCUT2D eigenvalue weighted by atomic mass is 14.7. The summed E-state index contributed by atoms with van der Waals surface area (Å²) < 4.78 is 0. The predicted molar refractivity (Wildman–Crippen MR) is 186 cm³/mol. The summed E-state index contributed by atoms with van der Waals surface area (Å²) in [5, 5.41) is 5.37. The van der Waals surface area contributed by atoms with Crippen molar-refractivity contribution in [2.75, 3.05) is 0 Å². The van der Waals surface area contributed by atoms with Gasteiger partial charge in [-0.2, -0.15) is 0 Å². The zero-order valence-corrected chi connectivity index (χ0v) is 24.5. The molecule has 0 unspecified atom stereocenters. The maximum Gasteiger partial charge on any atom is 0.0726 e. The monoisotopic (exact) mass is 569 g/mol. The third-order valence-corrected chi connectivity index (χ3v) is 10.0. The van der Waals surface area contributed by atoms with Gasteiger partial charge in [-0.15, -0.1) is 0 Å². The van der Waals surface area contributed by atoms with E-state index in [0.29, 0.717) is 0 Å². The molecule has 2 aliphatic carbocycles. The molecule has 0 atom stereocenters. The third-order valence-electron chi connectivity index (χ3n) is 10.0. The van der Waals surface area contributed by atoms with Gasteiger partial charge < -0.3 is 0 Å². The van der Waals surface area contributed by atoms with Crippen LogP contribution in [-0.2, 0) is 5.41 Å². The van der Waals surface area contributed by atoms with Crippen molar-refractivity contribution in [2.24, 2.45) is 0 Å². The van der Waals surface area contributed by atoms with Crippen molar-refractivity contribution >= 4 is 21.5 Å². The minimum Gasteiger partial charge on any atom is -0.248 e. The molecular weight excluding hydrogens is 542 g/mol. The van der Waals surface area contributed by atoms with Crippen molar-refractivity contribution in [2.45, 2.75) is 5.41 Å². The minimum absolute atomic E-state index is 0.385. The smallest absolute Gasteiger partial charge is 0.0726 e. The van der Waals surface area contributed by atoms with Gasteiger partial charge in [0.15, 0.2) is 0 Å². The zero-order valence-electron chi connectivity index (χ0n) is 24.5. The molecule has 0 fully saturated rings. The fourth-order valence-corrected chi connectivity index (χ4v) is 8.27. The van der Waals surface area contributed by atoms with E-state index in [-0.39, 0.29) is 5.41 Å². The number of hydrogen-bond acceptors (Lipinski definition) is 1. The normalized spacial score (nSPS) is 13.5. The van der Waals surface area contributed by atoms with Crippen molar-refractivity contribution in [1.82, 2.24) is 4.98 Å². The molecule has 0 saturated carbocycles. The lowest BCUT2D eigenvalue weighted by Gasteiger charge is -2.31. The first kappa shape index (κ1) is 24.6. The van der Waals surface area contributed by atoms with Gasteiger partial charge in [0.1, 0.15) is 0 Å². The van der Waals surface area contributed by atoms with Gasteiger partial charge in [0.25, 0.3) is 0 Å². The largest absolute Gasteiger partial charge is 0.248 e. The molecule has 10 rings (SSSR count). The number of nitrogens with zero attached hydrogens (tertiary/aromatic N) is 1. The van der Waals surface area contributed by atoms with Crippen LogP contribution in [0.15, 0.2) is 164 Å². The highest BCUT2D eigenvalue weighted by Gasteiger charge is 2.51. The molecule has 7 aromatic carbocycles. The van der Waals surface area contributed by atoms with Crippen molar-refractivity contribution in [1.29, 1.82) is 0 Å². The van der Waals surface area contributed by atoms with E-state index < -0.39 is 0 Å². The third kappa shape index (κ3) is 3.25. The number of rotatable bonds is 3. The van der Waals surface area contributed by atoms with Gasteiger partial charge in [-0.25, -0.2) is 4.98 Å². The van der Waals surface area contributed by atoms with Crippen LogP contribution in [0.3, 0.4) is 0 Å². The van der Waals surface area contributed by atoms with Gasteiger partial charge in [-0.1, -0.05) is 152 Å². The van der Waals surface area contributed by atoms with E-state index in [4.69, 9.17) is 4.98 Å². The molecule has 0 bridgehead atoms. The number of benzene rings is 7. The van der Waals surface area contributed by atoms with Gasteiger partial charge in [-0.3, -0.25) is 0 Å². The van der Waals surface area contributed by atoms with Crippen LogP contribution in [0.5, 0.6) is 0 Å². The van der Waals surface area contributed by atoms with E-state index in [1.165, 1.54) is 71.6 Å². The molecule has 0 amide bonds. The molecule has 2 aliphatic rings. The quantitative estimate of drug-likeness (QED) is 0.193. The summed E-state index contributed by atoms with van der Waals surface area (Å²) in [6.45, 7) is 0.